The lowest BCUT2D eigenvalue weighted by Crippen LogP contribution is -2.47. The molecular formula is C16H31N3O2. The molecule has 2 amide bonds. The number of rotatable bonds is 7. The summed E-state index contributed by atoms with van der Waals surface area (Å²) in [6.07, 6.45) is 3.75. The summed E-state index contributed by atoms with van der Waals surface area (Å²) in [5, 5.41) is 9.08. The zero-order chi connectivity index (χ0) is 15.8. The summed E-state index contributed by atoms with van der Waals surface area (Å²) < 4.78 is 0. The molecule has 1 rings (SSSR count). The fraction of sp³-hybridized carbons (Fsp3) is 0.875. The Kier molecular flexibility index (Phi) is 7.72. The van der Waals surface area contributed by atoms with Gasteiger partial charge in [0.05, 0.1) is 0 Å². The summed E-state index contributed by atoms with van der Waals surface area (Å²) in [6, 6.07) is -0.327. The Morgan fingerprint density at radius 1 is 1.24 bits per heavy atom. The maximum Gasteiger partial charge on any atom is 0.242 e. The lowest BCUT2D eigenvalue weighted by atomic mass is 9.85. The molecule has 1 saturated heterocycles. The standard InChI is InChI=1S/C16H31N3O2/c1-5-12(3)18-16(21)13(4)19-15(20)9-11(2)14-7-6-8-17-10-14/h11-14,17H,5-10H2,1-4H3,(H,18,21)(H,19,20). The molecule has 1 fully saturated rings. The van der Waals surface area contributed by atoms with E-state index in [1.165, 1.54) is 12.8 Å². The molecule has 0 saturated carbocycles. The Hall–Kier alpha value is -1.10. The van der Waals surface area contributed by atoms with Gasteiger partial charge in [-0.25, -0.2) is 0 Å². The van der Waals surface area contributed by atoms with E-state index < -0.39 is 6.04 Å². The number of piperidine rings is 1. The number of hydrogen-bond donors (Lipinski definition) is 3. The molecular weight excluding hydrogens is 266 g/mol. The van der Waals surface area contributed by atoms with E-state index in [2.05, 4.69) is 22.9 Å². The average molecular weight is 297 g/mol. The van der Waals surface area contributed by atoms with Crippen LogP contribution in [0.15, 0.2) is 0 Å². The van der Waals surface area contributed by atoms with Crippen LogP contribution in [0.5, 0.6) is 0 Å². The SMILES string of the molecule is CCC(C)NC(=O)C(C)NC(=O)CC(C)C1CCCNC1. The van der Waals surface area contributed by atoms with Crippen LogP contribution in [-0.2, 0) is 9.59 Å². The van der Waals surface area contributed by atoms with Gasteiger partial charge in [0.2, 0.25) is 11.8 Å². The maximum atomic E-state index is 12.1. The molecule has 0 aromatic rings. The van der Waals surface area contributed by atoms with E-state index in [-0.39, 0.29) is 17.9 Å². The van der Waals surface area contributed by atoms with Crippen LogP contribution >= 0.6 is 0 Å². The molecule has 4 unspecified atom stereocenters. The summed E-state index contributed by atoms with van der Waals surface area (Å²) in [4.78, 5) is 24.0. The van der Waals surface area contributed by atoms with E-state index in [0.717, 1.165) is 19.5 Å². The largest absolute Gasteiger partial charge is 0.352 e. The summed E-state index contributed by atoms with van der Waals surface area (Å²) in [5.41, 5.74) is 0. The summed E-state index contributed by atoms with van der Waals surface area (Å²) >= 11 is 0. The first-order valence-electron chi connectivity index (χ1n) is 8.24. The van der Waals surface area contributed by atoms with Crippen molar-refractivity contribution in [3.8, 4) is 0 Å². The molecule has 21 heavy (non-hydrogen) atoms. The second-order valence-corrected chi connectivity index (χ2v) is 6.39. The molecule has 5 heteroatoms. The first kappa shape index (κ1) is 18.0. The van der Waals surface area contributed by atoms with Gasteiger partial charge in [-0.05, 0) is 58.0 Å². The second kappa shape index (κ2) is 9.03. The predicted molar refractivity (Wildman–Crippen MR) is 84.9 cm³/mol. The van der Waals surface area contributed by atoms with Crippen molar-refractivity contribution in [2.24, 2.45) is 11.8 Å². The number of carbonyl (C=O) groups is 2. The van der Waals surface area contributed by atoms with Crippen molar-refractivity contribution in [1.29, 1.82) is 0 Å². The van der Waals surface area contributed by atoms with Crippen LogP contribution in [0.3, 0.4) is 0 Å². The molecule has 1 heterocycles. The number of hydrogen-bond acceptors (Lipinski definition) is 3. The normalized spacial score (nSPS) is 23.0. The van der Waals surface area contributed by atoms with Gasteiger partial charge in [-0.15, -0.1) is 0 Å². The predicted octanol–water partition coefficient (Wildman–Crippen LogP) is 1.43. The highest BCUT2D eigenvalue weighted by molar-refractivity contribution is 5.87. The Bertz CT molecular complexity index is 340. The van der Waals surface area contributed by atoms with Gasteiger partial charge in [0.1, 0.15) is 6.04 Å². The van der Waals surface area contributed by atoms with Crippen molar-refractivity contribution >= 4 is 11.8 Å². The molecule has 4 atom stereocenters. The van der Waals surface area contributed by atoms with Crippen molar-refractivity contribution in [3.63, 3.8) is 0 Å². The van der Waals surface area contributed by atoms with Crippen molar-refractivity contribution in [2.45, 2.75) is 65.5 Å². The van der Waals surface area contributed by atoms with Crippen LogP contribution in [0, 0.1) is 11.8 Å². The Morgan fingerprint density at radius 2 is 1.95 bits per heavy atom. The van der Waals surface area contributed by atoms with Crippen LogP contribution in [0.1, 0.15) is 53.4 Å². The zero-order valence-corrected chi connectivity index (χ0v) is 13.9. The molecule has 0 bridgehead atoms. The van der Waals surface area contributed by atoms with Gasteiger partial charge in [-0.2, -0.15) is 0 Å². The van der Waals surface area contributed by atoms with Gasteiger partial charge in [-0.3, -0.25) is 9.59 Å². The number of carbonyl (C=O) groups excluding carboxylic acids is 2. The van der Waals surface area contributed by atoms with Crippen LogP contribution in [0.4, 0.5) is 0 Å². The molecule has 3 N–H and O–H groups in total. The quantitative estimate of drug-likeness (QED) is 0.666. The second-order valence-electron chi connectivity index (χ2n) is 6.39. The Balaban J connectivity index is 2.32. The molecule has 0 aliphatic carbocycles. The van der Waals surface area contributed by atoms with Gasteiger partial charge in [0.15, 0.2) is 0 Å². The highest BCUT2D eigenvalue weighted by atomic mass is 16.2. The van der Waals surface area contributed by atoms with E-state index in [4.69, 9.17) is 0 Å². The summed E-state index contributed by atoms with van der Waals surface area (Å²) in [5.74, 6) is 0.779. The molecule has 1 aliphatic heterocycles. The average Bonchev–Trinajstić information content (AvgIpc) is 2.47. The van der Waals surface area contributed by atoms with Gasteiger partial charge >= 0.3 is 0 Å². The highest BCUT2D eigenvalue weighted by Crippen LogP contribution is 2.22. The fourth-order valence-electron chi connectivity index (χ4n) is 2.66. The minimum Gasteiger partial charge on any atom is -0.352 e. The Morgan fingerprint density at radius 3 is 2.52 bits per heavy atom. The lowest BCUT2D eigenvalue weighted by Gasteiger charge is -2.28. The van der Waals surface area contributed by atoms with Gasteiger partial charge < -0.3 is 16.0 Å². The van der Waals surface area contributed by atoms with E-state index in [9.17, 15) is 9.59 Å². The molecule has 122 valence electrons. The van der Waals surface area contributed by atoms with Gasteiger partial charge in [0, 0.05) is 12.5 Å². The molecule has 0 radical (unpaired) electrons. The molecule has 0 spiro atoms. The molecule has 1 aliphatic rings. The smallest absolute Gasteiger partial charge is 0.242 e. The Labute approximate surface area is 128 Å². The van der Waals surface area contributed by atoms with Crippen molar-refractivity contribution in [2.75, 3.05) is 13.1 Å². The molecule has 5 nitrogen and oxygen atoms in total. The monoisotopic (exact) mass is 297 g/mol. The van der Waals surface area contributed by atoms with Crippen LogP contribution in [-0.4, -0.2) is 37.0 Å². The van der Waals surface area contributed by atoms with Crippen molar-refractivity contribution in [1.82, 2.24) is 16.0 Å². The van der Waals surface area contributed by atoms with Crippen LogP contribution < -0.4 is 16.0 Å². The fourth-order valence-corrected chi connectivity index (χ4v) is 2.66. The van der Waals surface area contributed by atoms with E-state index in [0.29, 0.717) is 18.3 Å². The third-order valence-corrected chi connectivity index (χ3v) is 4.42. The molecule has 0 aromatic heterocycles. The van der Waals surface area contributed by atoms with E-state index in [1.807, 2.05) is 13.8 Å². The van der Waals surface area contributed by atoms with E-state index in [1.54, 1.807) is 6.92 Å². The zero-order valence-electron chi connectivity index (χ0n) is 13.9. The lowest BCUT2D eigenvalue weighted by molar-refractivity contribution is -0.129. The third kappa shape index (κ3) is 6.46. The third-order valence-electron chi connectivity index (χ3n) is 4.42. The van der Waals surface area contributed by atoms with Gasteiger partial charge in [-0.1, -0.05) is 13.8 Å². The number of amides is 2. The highest BCUT2D eigenvalue weighted by Gasteiger charge is 2.23. The summed E-state index contributed by atoms with van der Waals surface area (Å²) in [6.45, 7) is 9.93. The van der Waals surface area contributed by atoms with Crippen molar-refractivity contribution < 1.29 is 9.59 Å². The van der Waals surface area contributed by atoms with Gasteiger partial charge in [0.25, 0.3) is 0 Å². The topological polar surface area (TPSA) is 70.2 Å². The minimum atomic E-state index is -0.469. The van der Waals surface area contributed by atoms with Crippen LogP contribution in [0.25, 0.3) is 0 Å². The van der Waals surface area contributed by atoms with Crippen molar-refractivity contribution in [3.05, 3.63) is 0 Å². The summed E-state index contributed by atoms with van der Waals surface area (Å²) in [7, 11) is 0. The van der Waals surface area contributed by atoms with Crippen LogP contribution in [0.2, 0.25) is 0 Å². The molecule has 0 aromatic carbocycles. The minimum absolute atomic E-state index is 0.0279. The van der Waals surface area contributed by atoms with E-state index >= 15 is 0 Å². The number of nitrogens with one attached hydrogen (secondary N) is 3. The first-order valence-corrected chi connectivity index (χ1v) is 8.24. The maximum absolute atomic E-state index is 12.1. The first-order chi connectivity index (χ1) is 9.93.